The van der Waals surface area contributed by atoms with Gasteiger partial charge in [0.05, 0.1) is 13.7 Å². The molecule has 1 saturated heterocycles. The van der Waals surface area contributed by atoms with Crippen LogP contribution < -0.4 is 9.64 Å². The van der Waals surface area contributed by atoms with E-state index in [0.717, 1.165) is 30.9 Å². The average molecular weight is 396 g/mol. The van der Waals surface area contributed by atoms with E-state index in [9.17, 15) is 4.79 Å². The van der Waals surface area contributed by atoms with Crippen molar-refractivity contribution in [1.29, 1.82) is 0 Å². The first-order valence-corrected chi connectivity index (χ1v) is 10.4. The Morgan fingerprint density at radius 2 is 1.69 bits per heavy atom. The van der Waals surface area contributed by atoms with Gasteiger partial charge in [0, 0.05) is 38.9 Å². The summed E-state index contributed by atoms with van der Waals surface area (Å²) in [5, 5.41) is 0. The molecule has 1 amide bonds. The summed E-state index contributed by atoms with van der Waals surface area (Å²) in [6.07, 6.45) is 3.92. The number of likely N-dealkylation sites (N-methyl/N-ethyl adjacent to an activating group) is 2. The van der Waals surface area contributed by atoms with Gasteiger partial charge in [-0.2, -0.15) is 0 Å². The van der Waals surface area contributed by atoms with Crippen molar-refractivity contribution >= 4 is 11.6 Å². The van der Waals surface area contributed by atoms with Crippen molar-refractivity contribution in [2.75, 3.05) is 45.7 Å². The Bertz CT molecular complexity index is 785. The van der Waals surface area contributed by atoms with Crippen molar-refractivity contribution in [2.45, 2.75) is 32.4 Å². The lowest BCUT2D eigenvalue weighted by Gasteiger charge is -2.29. The Hall–Kier alpha value is -2.53. The molecular formula is C24H33N3O2. The number of ether oxygens (including phenoxy) is 1. The second-order valence-corrected chi connectivity index (χ2v) is 7.99. The van der Waals surface area contributed by atoms with Crippen LogP contribution in [-0.4, -0.2) is 56.5 Å². The number of benzene rings is 2. The summed E-state index contributed by atoms with van der Waals surface area (Å²) in [5.41, 5.74) is 3.61. The molecule has 0 atom stereocenters. The highest BCUT2D eigenvalue weighted by atomic mass is 16.5. The maximum atomic E-state index is 12.6. The molecule has 1 heterocycles. The summed E-state index contributed by atoms with van der Waals surface area (Å²) >= 11 is 0. The Morgan fingerprint density at radius 1 is 0.966 bits per heavy atom. The molecular weight excluding hydrogens is 362 g/mol. The van der Waals surface area contributed by atoms with Crippen LogP contribution in [0.1, 0.15) is 30.4 Å². The molecule has 1 fully saturated rings. The van der Waals surface area contributed by atoms with Gasteiger partial charge in [-0.1, -0.05) is 24.3 Å². The van der Waals surface area contributed by atoms with Crippen LogP contribution in [0.15, 0.2) is 48.5 Å². The van der Waals surface area contributed by atoms with E-state index < -0.39 is 0 Å². The molecule has 2 aromatic rings. The summed E-state index contributed by atoms with van der Waals surface area (Å²) in [6, 6.07) is 16.6. The van der Waals surface area contributed by atoms with Crippen LogP contribution in [0.5, 0.6) is 5.75 Å². The molecule has 0 bridgehead atoms. The number of amides is 1. The number of hydrogen-bond donors (Lipinski definition) is 0. The van der Waals surface area contributed by atoms with Crippen LogP contribution in [-0.2, 0) is 17.9 Å². The largest absolute Gasteiger partial charge is 0.497 e. The molecule has 0 spiro atoms. The van der Waals surface area contributed by atoms with Crippen LogP contribution in [0.4, 0.5) is 5.69 Å². The fourth-order valence-corrected chi connectivity index (χ4v) is 3.82. The molecule has 156 valence electrons. The summed E-state index contributed by atoms with van der Waals surface area (Å²) in [5.74, 6) is 0.925. The van der Waals surface area contributed by atoms with Gasteiger partial charge in [-0.15, -0.1) is 0 Å². The van der Waals surface area contributed by atoms with E-state index in [1.807, 2.05) is 38.4 Å². The zero-order valence-corrected chi connectivity index (χ0v) is 17.9. The Labute approximate surface area is 174 Å². The van der Waals surface area contributed by atoms with E-state index in [1.165, 1.54) is 30.5 Å². The monoisotopic (exact) mass is 395 g/mol. The molecule has 1 aliphatic heterocycles. The summed E-state index contributed by atoms with van der Waals surface area (Å²) in [6.45, 7) is 4.06. The number of anilines is 1. The van der Waals surface area contributed by atoms with Crippen LogP contribution >= 0.6 is 0 Å². The number of piperidine rings is 1. The molecule has 5 nitrogen and oxygen atoms in total. The van der Waals surface area contributed by atoms with E-state index in [1.54, 1.807) is 12.0 Å². The van der Waals surface area contributed by atoms with Gasteiger partial charge in [0.1, 0.15) is 5.75 Å². The third-order valence-electron chi connectivity index (χ3n) is 5.49. The van der Waals surface area contributed by atoms with Gasteiger partial charge in [-0.05, 0) is 61.7 Å². The number of nitrogens with zero attached hydrogens (tertiary/aromatic N) is 3. The number of carbonyl (C=O) groups is 1. The van der Waals surface area contributed by atoms with E-state index in [-0.39, 0.29) is 5.91 Å². The van der Waals surface area contributed by atoms with Gasteiger partial charge < -0.3 is 14.5 Å². The molecule has 5 heteroatoms. The molecule has 0 radical (unpaired) electrons. The number of hydrogen-bond acceptors (Lipinski definition) is 4. The highest BCUT2D eigenvalue weighted by molar-refractivity contribution is 5.78. The van der Waals surface area contributed by atoms with Crippen molar-refractivity contribution < 1.29 is 9.53 Å². The van der Waals surface area contributed by atoms with E-state index in [0.29, 0.717) is 13.1 Å². The fourth-order valence-electron chi connectivity index (χ4n) is 3.82. The summed E-state index contributed by atoms with van der Waals surface area (Å²) in [4.78, 5) is 18.9. The van der Waals surface area contributed by atoms with Crippen molar-refractivity contribution in [2.24, 2.45) is 0 Å². The van der Waals surface area contributed by atoms with Gasteiger partial charge in [0.25, 0.3) is 0 Å². The van der Waals surface area contributed by atoms with Crippen LogP contribution in [0, 0.1) is 0 Å². The van der Waals surface area contributed by atoms with Crippen LogP contribution in [0.25, 0.3) is 0 Å². The Morgan fingerprint density at radius 3 is 2.38 bits per heavy atom. The highest BCUT2D eigenvalue weighted by Crippen LogP contribution is 2.20. The number of carbonyl (C=O) groups excluding carboxylic acids is 1. The normalized spacial score (nSPS) is 14.1. The first kappa shape index (κ1) is 21.2. The second kappa shape index (κ2) is 10.3. The predicted molar refractivity (Wildman–Crippen MR) is 118 cm³/mol. The zero-order chi connectivity index (χ0) is 20.6. The first-order valence-electron chi connectivity index (χ1n) is 10.4. The maximum absolute atomic E-state index is 12.6. The van der Waals surface area contributed by atoms with Gasteiger partial charge >= 0.3 is 0 Å². The lowest BCUT2D eigenvalue weighted by atomic mass is 10.1. The third-order valence-corrected chi connectivity index (χ3v) is 5.49. The molecule has 0 aromatic heterocycles. The smallest absolute Gasteiger partial charge is 0.236 e. The van der Waals surface area contributed by atoms with Gasteiger partial charge in [0.15, 0.2) is 0 Å². The van der Waals surface area contributed by atoms with Crippen molar-refractivity contribution in [3.8, 4) is 5.75 Å². The lowest BCUT2D eigenvalue weighted by molar-refractivity contribution is -0.131. The van der Waals surface area contributed by atoms with E-state index in [2.05, 4.69) is 34.1 Å². The molecule has 29 heavy (non-hydrogen) atoms. The van der Waals surface area contributed by atoms with Gasteiger partial charge in [0.2, 0.25) is 5.91 Å². The standard InChI is InChI=1S/C24H33N3O2/c1-25(17-20-10-12-22(13-11-20)27-14-5-4-6-15-27)19-24(28)26(2)18-21-8-7-9-23(16-21)29-3/h7-13,16H,4-6,14-15,17-19H2,1-3H3. The fraction of sp³-hybridized carbons (Fsp3) is 0.458. The minimum atomic E-state index is 0.111. The third kappa shape index (κ3) is 6.23. The summed E-state index contributed by atoms with van der Waals surface area (Å²) < 4.78 is 5.26. The van der Waals surface area contributed by atoms with Crippen molar-refractivity contribution in [3.63, 3.8) is 0 Å². The molecule has 2 aromatic carbocycles. The second-order valence-electron chi connectivity index (χ2n) is 7.99. The first-order chi connectivity index (χ1) is 14.0. The molecule has 0 unspecified atom stereocenters. The van der Waals surface area contributed by atoms with E-state index >= 15 is 0 Å². The molecule has 0 saturated carbocycles. The minimum Gasteiger partial charge on any atom is -0.497 e. The SMILES string of the molecule is COc1cccc(CN(C)C(=O)CN(C)Cc2ccc(N3CCCCC3)cc2)c1. The predicted octanol–water partition coefficient (Wildman–Crippen LogP) is 3.78. The molecule has 3 rings (SSSR count). The average Bonchev–Trinajstić information content (AvgIpc) is 2.75. The summed E-state index contributed by atoms with van der Waals surface area (Å²) in [7, 11) is 5.50. The molecule has 1 aliphatic rings. The van der Waals surface area contributed by atoms with Gasteiger partial charge in [-0.25, -0.2) is 0 Å². The quantitative estimate of drug-likeness (QED) is 0.682. The molecule has 0 aliphatic carbocycles. The minimum absolute atomic E-state index is 0.111. The van der Waals surface area contributed by atoms with Crippen LogP contribution in [0.3, 0.4) is 0 Å². The number of methoxy groups -OCH3 is 1. The van der Waals surface area contributed by atoms with Crippen molar-refractivity contribution in [1.82, 2.24) is 9.80 Å². The topological polar surface area (TPSA) is 36.0 Å². The van der Waals surface area contributed by atoms with Crippen molar-refractivity contribution in [3.05, 3.63) is 59.7 Å². The maximum Gasteiger partial charge on any atom is 0.236 e. The van der Waals surface area contributed by atoms with Crippen LogP contribution in [0.2, 0.25) is 0 Å². The Balaban J connectivity index is 1.48. The molecule has 0 N–H and O–H groups in total. The van der Waals surface area contributed by atoms with E-state index in [4.69, 9.17) is 4.74 Å². The zero-order valence-electron chi connectivity index (χ0n) is 17.9. The lowest BCUT2D eigenvalue weighted by Crippen LogP contribution is -2.36. The van der Waals surface area contributed by atoms with Gasteiger partial charge in [-0.3, -0.25) is 9.69 Å². The number of rotatable bonds is 8. The highest BCUT2D eigenvalue weighted by Gasteiger charge is 2.14. The Kier molecular flexibility index (Phi) is 7.53.